The average Bonchev–Trinajstić information content (AvgIpc) is 2.25. The van der Waals surface area contributed by atoms with Gasteiger partial charge in [0.25, 0.3) is 5.91 Å². The van der Waals surface area contributed by atoms with Crippen LogP contribution in [-0.2, 0) is 4.79 Å². The Morgan fingerprint density at radius 3 is 2.80 bits per heavy atom. The van der Waals surface area contributed by atoms with E-state index in [-0.39, 0.29) is 11.9 Å². The standard InChI is InChI=1S/C11H17N3O/c1-3-10(11(15)14-12)13-9-6-4-5-8(2)7-9/h4-7,10,13H,3,12H2,1-2H3,(H,14,15). The molecule has 1 unspecified atom stereocenters. The number of anilines is 1. The lowest BCUT2D eigenvalue weighted by molar-refractivity contribution is -0.121. The number of hydrogen-bond acceptors (Lipinski definition) is 3. The Hall–Kier alpha value is -1.55. The summed E-state index contributed by atoms with van der Waals surface area (Å²) < 4.78 is 0. The lowest BCUT2D eigenvalue weighted by Crippen LogP contribution is -2.42. The maximum absolute atomic E-state index is 11.3. The van der Waals surface area contributed by atoms with Crippen LogP contribution in [0.15, 0.2) is 24.3 Å². The highest BCUT2D eigenvalue weighted by Crippen LogP contribution is 2.11. The molecule has 0 aromatic heterocycles. The molecular formula is C11H17N3O. The minimum atomic E-state index is -0.281. The van der Waals surface area contributed by atoms with Crippen LogP contribution in [0.1, 0.15) is 18.9 Å². The summed E-state index contributed by atoms with van der Waals surface area (Å²) in [5.41, 5.74) is 4.24. The Kier molecular flexibility index (Phi) is 4.12. The first-order valence-electron chi connectivity index (χ1n) is 5.01. The topological polar surface area (TPSA) is 67.2 Å². The van der Waals surface area contributed by atoms with Gasteiger partial charge in [-0.25, -0.2) is 5.84 Å². The quantitative estimate of drug-likeness (QED) is 0.394. The third kappa shape index (κ3) is 3.25. The number of hydrogen-bond donors (Lipinski definition) is 3. The highest BCUT2D eigenvalue weighted by molar-refractivity contribution is 5.83. The van der Waals surface area contributed by atoms with Crippen molar-refractivity contribution in [1.29, 1.82) is 0 Å². The molecule has 4 heteroatoms. The minimum absolute atomic E-state index is 0.195. The van der Waals surface area contributed by atoms with Crippen LogP contribution >= 0.6 is 0 Å². The van der Waals surface area contributed by atoms with Gasteiger partial charge in [-0.3, -0.25) is 10.2 Å². The highest BCUT2D eigenvalue weighted by atomic mass is 16.2. The zero-order chi connectivity index (χ0) is 11.3. The van der Waals surface area contributed by atoms with Crippen molar-refractivity contribution in [2.45, 2.75) is 26.3 Å². The third-order valence-electron chi connectivity index (χ3n) is 2.23. The number of carbonyl (C=O) groups excluding carboxylic acids is 1. The summed E-state index contributed by atoms with van der Waals surface area (Å²) in [6, 6.07) is 7.60. The molecular weight excluding hydrogens is 190 g/mol. The molecule has 0 bridgehead atoms. The van der Waals surface area contributed by atoms with Gasteiger partial charge in [0.2, 0.25) is 0 Å². The zero-order valence-corrected chi connectivity index (χ0v) is 9.08. The number of benzene rings is 1. The first-order valence-corrected chi connectivity index (χ1v) is 5.01. The summed E-state index contributed by atoms with van der Waals surface area (Å²) in [6.45, 7) is 3.94. The Labute approximate surface area is 89.8 Å². The normalized spacial score (nSPS) is 11.9. The fourth-order valence-corrected chi connectivity index (χ4v) is 1.39. The number of aryl methyl sites for hydroxylation is 1. The smallest absolute Gasteiger partial charge is 0.256 e. The maximum Gasteiger partial charge on any atom is 0.256 e. The maximum atomic E-state index is 11.3. The van der Waals surface area contributed by atoms with Crippen LogP contribution in [0.2, 0.25) is 0 Å². The predicted octanol–water partition coefficient (Wildman–Crippen LogP) is 1.18. The Balaban J connectivity index is 2.70. The first kappa shape index (κ1) is 11.5. The fraction of sp³-hybridized carbons (Fsp3) is 0.364. The van der Waals surface area contributed by atoms with Gasteiger partial charge in [-0.15, -0.1) is 0 Å². The lowest BCUT2D eigenvalue weighted by atomic mass is 10.1. The molecule has 1 aromatic rings. The van der Waals surface area contributed by atoms with E-state index < -0.39 is 0 Å². The molecule has 0 radical (unpaired) electrons. The van der Waals surface area contributed by atoms with Crippen molar-refractivity contribution in [2.75, 3.05) is 5.32 Å². The van der Waals surface area contributed by atoms with Crippen LogP contribution in [0.5, 0.6) is 0 Å². The fourth-order valence-electron chi connectivity index (χ4n) is 1.39. The number of carbonyl (C=O) groups is 1. The van der Waals surface area contributed by atoms with E-state index in [2.05, 4.69) is 10.7 Å². The Morgan fingerprint density at radius 2 is 2.27 bits per heavy atom. The van der Waals surface area contributed by atoms with Crippen molar-refractivity contribution in [3.8, 4) is 0 Å². The molecule has 1 rings (SSSR count). The summed E-state index contributed by atoms with van der Waals surface area (Å²) in [5, 5.41) is 3.13. The van der Waals surface area contributed by atoms with Crippen molar-refractivity contribution in [3.05, 3.63) is 29.8 Å². The molecule has 1 amide bonds. The molecule has 4 nitrogen and oxygen atoms in total. The molecule has 0 aliphatic carbocycles. The second kappa shape index (κ2) is 5.36. The van der Waals surface area contributed by atoms with E-state index in [1.165, 1.54) is 0 Å². The van der Waals surface area contributed by atoms with E-state index in [4.69, 9.17) is 5.84 Å². The van der Waals surface area contributed by atoms with Gasteiger partial charge in [0.05, 0.1) is 0 Å². The lowest BCUT2D eigenvalue weighted by Gasteiger charge is -2.16. The van der Waals surface area contributed by atoms with Crippen molar-refractivity contribution >= 4 is 11.6 Å². The highest BCUT2D eigenvalue weighted by Gasteiger charge is 2.14. The predicted molar refractivity (Wildman–Crippen MR) is 61.2 cm³/mol. The summed E-state index contributed by atoms with van der Waals surface area (Å²) >= 11 is 0. The van der Waals surface area contributed by atoms with Gasteiger partial charge in [0, 0.05) is 5.69 Å². The molecule has 15 heavy (non-hydrogen) atoms. The van der Waals surface area contributed by atoms with Crippen LogP contribution in [0.4, 0.5) is 5.69 Å². The summed E-state index contributed by atoms with van der Waals surface area (Å²) in [4.78, 5) is 11.3. The van der Waals surface area contributed by atoms with Crippen molar-refractivity contribution < 1.29 is 4.79 Å². The largest absolute Gasteiger partial charge is 0.374 e. The molecule has 0 saturated heterocycles. The van der Waals surface area contributed by atoms with Gasteiger partial charge in [-0.2, -0.15) is 0 Å². The van der Waals surface area contributed by atoms with E-state index in [0.717, 1.165) is 11.3 Å². The molecule has 0 heterocycles. The van der Waals surface area contributed by atoms with E-state index in [0.29, 0.717) is 6.42 Å². The zero-order valence-electron chi connectivity index (χ0n) is 9.08. The van der Waals surface area contributed by atoms with E-state index in [1.807, 2.05) is 38.1 Å². The summed E-state index contributed by atoms with van der Waals surface area (Å²) in [7, 11) is 0. The van der Waals surface area contributed by atoms with E-state index >= 15 is 0 Å². The molecule has 0 saturated carbocycles. The molecule has 0 spiro atoms. The van der Waals surface area contributed by atoms with Crippen LogP contribution < -0.4 is 16.6 Å². The van der Waals surface area contributed by atoms with Gasteiger partial charge in [0.1, 0.15) is 6.04 Å². The van der Waals surface area contributed by atoms with Gasteiger partial charge >= 0.3 is 0 Å². The first-order chi connectivity index (χ1) is 7.17. The molecule has 0 aliphatic heterocycles. The van der Waals surface area contributed by atoms with E-state index in [9.17, 15) is 4.79 Å². The molecule has 1 aromatic carbocycles. The van der Waals surface area contributed by atoms with Gasteiger partial charge in [0.15, 0.2) is 0 Å². The van der Waals surface area contributed by atoms with Crippen LogP contribution in [0, 0.1) is 6.92 Å². The minimum Gasteiger partial charge on any atom is -0.374 e. The SMILES string of the molecule is CCC(Nc1cccc(C)c1)C(=O)NN. The van der Waals surface area contributed by atoms with Crippen LogP contribution in [0.3, 0.4) is 0 Å². The summed E-state index contributed by atoms with van der Waals surface area (Å²) in [5.74, 6) is 4.90. The number of amides is 1. The second-order valence-electron chi connectivity index (χ2n) is 3.48. The number of rotatable bonds is 4. The number of nitrogens with one attached hydrogen (secondary N) is 2. The number of nitrogens with two attached hydrogens (primary N) is 1. The van der Waals surface area contributed by atoms with Crippen LogP contribution in [0.25, 0.3) is 0 Å². The third-order valence-corrected chi connectivity index (χ3v) is 2.23. The monoisotopic (exact) mass is 207 g/mol. The second-order valence-corrected chi connectivity index (χ2v) is 3.48. The molecule has 0 fully saturated rings. The summed E-state index contributed by atoms with van der Waals surface area (Å²) in [6.07, 6.45) is 0.691. The number of hydrazine groups is 1. The van der Waals surface area contributed by atoms with Crippen molar-refractivity contribution in [3.63, 3.8) is 0 Å². The van der Waals surface area contributed by atoms with Gasteiger partial charge < -0.3 is 5.32 Å². The Morgan fingerprint density at radius 1 is 1.53 bits per heavy atom. The van der Waals surface area contributed by atoms with Gasteiger partial charge in [-0.05, 0) is 31.0 Å². The molecule has 1 atom stereocenters. The van der Waals surface area contributed by atoms with E-state index in [1.54, 1.807) is 0 Å². The Bertz CT molecular complexity index is 338. The van der Waals surface area contributed by atoms with Gasteiger partial charge in [-0.1, -0.05) is 19.1 Å². The molecule has 0 aliphatic rings. The average molecular weight is 207 g/mol. The molecule has 82 valence electrons. The molecule has 4 N–H and O–H groups in total. The van der Waals surface area contributed by atoms with Crippen LogP contribution in [-0.4, -0.2) is 11.9 Å². The van der Waals surface area contributed by atoms with Crippen molar-refractivity contribution in [2.24, 2.45) is 5.84 Å². The van der Waals surface area contributed by atoms with Crippen molar-refractivity contribution in [1.82, 2.24) is 5.43 Å².